The van der Waals surface area contributed by atoms with Crippen LogP contribution in [0.2, 0.25) is 0 Å². The Labute approximate surface area is 149 Å². The van der Waals surface area contributed by atoms with Crippen molar-refractivity contribution in [1.29, 1.82) is 0 Å². The van der Waals surface area contributed by atoms with Crippen molar-refractivity contribution in [2.75, 3.05) is 26.7 Å². The number of hydrogen-bond acceptors (Lipinski definition) is 4. The SMILES string of the molecule is COCc1c(C(=O)NCCCN2CCCC[C@H]2C)oc2ccccc12. The maximum Gasteiger partial charge on any atom is 0.287 e. The van der Waals surface area contributed by atoms with Crippen molar-refractivity contribution in [2.24, 2.45) is 0 Å². The average molecular weight is 344 g/mol. The van der Waals surface area contributed by atoms with Crippen molar-refractivity contribution in [2.45, 2.75) is 45.3 Å². The van der Waals surface area contributed by atoms with Crippen LogP contribution in [0.1, 0.15) is 48.7 Å². The summed E-state index contributed by atoms with van der Waals surface area (Å²) in [5, 5.41) is 3.94. The number of furan rings is 1. The molecular formula is C20H28N2O3. The Balaban J connectivity index is 1.57. The molecule has 0 saturated carbocycles. The van der Waals surface area contributed by atoms with Crippen LogP contribution in [-0.2, 0) is 11.3 Å². The molecule has 5 nitrogen and oxygen atoms in total. The first kappa shape index (κ1) is 18.0. The molecule has 3 rings (SSSR count). The molecule has 2 heterocycles. The monoisotopic (exact) mass is 344 g/mol. The highest BCUT2D eigenvalue weighted by Crippen LogP contribution is 2.26. The molecule has 1 atom stereocenters. The van der Waals surface area contributed by atoms with Gasteiger partial charge < -0.3 is 19.4 Å². The van der Waals surface area contributed by atoms with E-state index < -0.39 is 0 Å². The second-order valence-corrected chi connectivity index (χ2v) is 6.83. The predicted octanol–water partition coefficient (Wildman–Crippen LogP) is 3.57. The number of likely N-dealkylation sites (tertiary alicyclic amines) is 1. The third-order valence-corrected chi connectivity index (χ3v) is 5.04. The fourth-order valence-electron chi connectivity index (χ4n) is 3.62. The van der Waals surface area contributed by atoms with Gasteiger partial charge in [0.1, 0.15) is 5.58 Å². The van der Waals surface area contributed by atoms with Gasteiger partial charge in [0.05, 0.1) is 6.61 Å². The summed E-state index contributed by atoms with van der Waals surface area (Å²) in [6, 6.07) is 8.35. The van der Waals surface area contributed by atoms with E-state index in [2.05, 4.69) is 17.1 Å². The van der Waals surface area contributed by atoms with Crippen LogP contribution in [0.5, 0.6) is 0 Å². The van der Waals surface area contributed by atoms with Crippen LogP contribution in [0, 0.1) is 0 Å². The number of amides is 1. The van der Waals surface area contributed by atoms with Gasteiger partial charge in [-0.05, 0) is 38.8 Å². The van der Waals surface area contributed by atoms with Gasteiger partial charge in [-0.15, -0.1) is 0 Å². The molecule has 1 amide bonds. The van der Waals surface area contributed by atoms with Gasteiger partial charge in [0.25, 0.3) is 5.91 Å². The van der Waals surface area contributed by atoms with Crippen molar-refractivity contribution in [3.8, 4) is 0 Å². The molecule has 0 aliphatic carbocycles. The lowest BCUT2D eigenvalue weighted by molar-refractivity contribution is 0.0917. The van der Waals surface area contributed by atoms with Crippen molar-refractivity contribution in [3.05, 3.63) is 35.6 Å². The smallest absolute Gasteiger partial charge is 0.287 e. The fraction of sp³-hybridized carbons (Fsp3) is 0.550. The van der Waals surface area contributed by atoms with E-state index in [-0.39, 0.29) is 5.91 Å². The van der Waals surface area contributed by atoms with Crippen molar-refractivity contribution in [1.82, 2.24) is 10.2 Å². The summed E-state index contributed by atoms with van der Waals surface area (Å²) in [6.45, 7) is 5.53. The van der Waals surface area contributed by atoms with E-state index in [1.807, 2.05) is 24.3 Å². The largest absolute Gasteiger partial charge is 0.451 e. The molecule has 1 fully saturated rings. The van der Waals surface area contributed by atoms with Crippen molar-refractivity contribution < 1.29 is 13.9 Å². The number of nitrogens with one attached hydrogen (secondary N) is 1. The number of piperidine rings is 1. The molecule has 136 valence electrons. The molecule has 0 bridgehead atoms. The number of para-hydroxylation sites is 1. The minimum atomic E-state index is -0.157. The summed E-state index contributed by atoms with van der Waals surface area (Å²) in [6.07, 6.45) is 4.86. The Morgan fingerprint density at radius 3 is 3.00 bits per heavy atom. The summed E-state index contributed by atoms with van der Waals surface area (Å²) in [7, 11) is 1.63. The molecule has 1 aliphatic rings. The zero-order chi connectivity index (χ0) is 17.6. The number of rotatable bonds is 7. The van der Waals surface area contributed by atoms with E-state index >= 15 is 0 Å². The first-order chi connectivity index (χ1) is 12.2. The first-order valence-corrected chi connectivity index (χ1v) is 9.22. The maximum absolute atomic E-state index is 12.6. The molecule has 0 unspecified atom stereocenters. The molecule has 1 aromatic heterocycles. The predicted molar refractivity (Wildman–Crippen MR) is 98.8 cm³/mol. The van der Waals surface area contributed by atoms with Gasteiger partial charge in [-0.1, -0.05) is 24.6 Å². The molecule has 2 aromatic rings. The normalized spacial score (nSPS) is 18.6. The Morgan fingerprint density at radius 1 is 1.36 bits per heavy atom. The minimum Gasteiger partial charge on any atom is -0.451 e. The number of ether oxygens (including phenoxy) is 1. The highest BCUT2D eigenvalue weighted by atomic mass is 16.5. The van der Waals surface area contributed by atoms with Crippen LogP contribution in [0.25, 0.3) is 11.0 Å². The van der Waals surface area contributed by atoms with E-state index in [1.165, 1.54) is 25.8 Å². The number of carbonyl (C=O) groups excluding carboxylic acids is 1. The Bertz CT molecular complexity index is 710. The van der Waals surface area contributed by atoms with Crippen LogP contribution in [-0.4, -0.2) is 43.6 Å². The molecule has 0 radical (unpaired) electrons. The van der Waals surface area contributed by atoms with Crippen LogP contribution in [0.3, 0.4) is 0 Å². The fourth-order valence-corrected chi connectivity index (χ4v) is 3.62. The van der Waals surface area contributed by atoms with Crippen molar-refractivity contribution in [3.63, 3.8) is 0 Å². The summed E-state index contributed by atoms with van der Waals surface area (Å²) < 4.78 is 11.0. The third-order valence-electron chi connectivity index (χ3n) is 5.04. The van der Waals surface area contributed by atoms with E-state index in [4.69, 9.17) is 9.15 Å². The second kappa shape index (κ2) is 8.50. The van der Waals surface area contributed by atoms with E-state index in [1.54, 1.807) is 7.11 Å². The summed E-state index contributed by atoms with van der Waals surface area (Å²) >= 11 is 0. The van der Waals surface area contributed by atoms with Gasteiger partial charge in [0, 0.05) is 37.2 Å². The highest BCUT2D eigenvalue weighted by molar-refractivity contribution is 5.99. The number of benzene rings is 1. The van der Waals surface area contributed by atoms with Crippen LogP contribution in [0.4, 0.5) is 0 Å². The summed E-state index contributed by atoms with van der Waals surface area (Å²) in [4.78, 5) is 15.1. The minimum absolute atomic E-state index is 0.157. The lowest BCUT2D eigenvalue weighted by Gasteiger charge is -2.33. The third kappa shape index (κ3) is 4.22. The lowest BCUT2D eigenvalue weighted by Crippen LogP contribution is -2.39. The van der Waals surface area contributed by atoms with E-state index in [9.17, 15) is 4.79 Å². The van der Waals surface area contributed by atoms with Gasteiger partial charge in [-0.2, -0.15) is 0 Å². The molecule has 5 heteroatoms. The number of methoxy groups -OCH3 is 1. The Morgan fingerprint density at radius 2 is 2.20 bits per heavy atom. The van der Waals surface area contributed by atoms with Crippen LogP contribution < -0.4 is 5.32 Å². The second-order valence-electron chi connectivity index (χ2n) is 6.83. The number of nitrogens with zero attached hydrogens (tertiary/aromatic N) is 1. The first-order valence-electron chi connectivity index (χ1n) is 9.22. The van der Waals surface area contributed by atoms with Gasteiger partial charge in [-0.3, -0.25) is 4.79 Å². The van der Waals surface area contributed by atoms with E-state index in [0.29, 0.717) is 25.0 Å². The molecule has 1 N–H and O–H groups in total. The molecule has 1 aromatic carbocycles. The van der Waals surface area contributed by atoms with E-state index in [0.717, 1.165) is 29.5 Å². The van der Waals surface area contributed by atoms with Crippen LogP contribution >= 0.6 is 0 Å². The standard InChI is InChI=1S/C20H28N2O3/c1-15-8-5-6-12-22(15)13-7-11-21-20(23)19-17(14-24-2)16-9-3-4-10-18(16)25-19/h3-4,9-10,15H,5-8,11-14H2,1-2H3,(H,21,23)/t15-/m1/s1. The molecule has 1 saturated heterocycles. The zero-order valence-electron chi connectivity index (χ0n) is 15.2. The maximum atomic E-state index is 12.6. The number of hydrogen-bond donors (Lipinski definition) is 1. The van der Waals surface area contributed by atoms with Gasteiger partial charge in [-0.25, -0.2) is 0 Å². The topological polar surface area (TPSA) is 54.7 Å². The Hall–Kier alpha value is -1.85. The summed E-state index contributed by atoms with van der Waals surface area (Å²) in [5.74, 6) is 0.212. The van der Waals surface area contributed by atoms with Crippen LogP contribution in [0.15, 0.2) is 28.7 Å². The summed E-state index contributed by atoms with van der Waals surface area (Å²) in [5.41, 5.74) is 1.54. The quantitative estimate of drug-likeness (QED) is 0.780. The number of fused-ring (bicyclic) bond motifs is 1. The molecule has 1 aliphatic heterocycles. The Kier molecular flexibility index (Phi) is 6.10. The molecule has 0 spiro atoms. The number of carbonyl (C=O) groups is 1. The van der Waals surface area contributed by atoms with Gasteiger partial charge >= 0.3 is 0 Å². The molecule has 25 heavy (non-hydrogen) atoms. The zero-order valence-corrected chi connectivity index (χ0v) is 15.2. The van der Waals surface area contributed by atoms with Gasteiger partial charge in [0.15, 0.2) is 5.76 Å². The molecular weight excluding hydrogens is 316 g/mol. The highest BCUT2D eigenvalue weighted by Gasteiger charge is 2.21. The van der Waals surface area contributed by atoms with Gasteiger partial charge in [0.2, 0.25) is 0 Å². The average Bonchev–Trinajstić information content (AvgIpc) is 2.99. The van der Waals surface area contributed by atoms with Crippen molar-refractivity contribution >= 4 is 16.9 Å². The lowest BCUT2D eigenvalue weighted by atomic mass is 10.0.